The number of hydrogen-bond acceptors (Lipinski definition) is 13. The SMILES string of the molecule is CC(C(=O)OCC[n+]1cccc(OC=O)c1)(C(=O)OCC[n+]1cccc(C(=O)O)c1)C12CCC3CC4CC5C=CC67CC8CC9=CC%10CC%11CCC1C1C%11C%11C%10C%10C%12C%13C%11C1C1C%11C%13C%13C(C4C%11C3C12)C5C6C%13C%12C1(C9%10)C(C(=O)OCC[n+]2cccc(C(=O)O)c2)(C(=O)OCC[n+]2cccc(C(=O)O)c2)C871. The molecule has 35 unspecified atom stereocenters. The Morgan fingerprint density at radius 3 is 1.66 bits per heavy atom. The van der Waals surface area contributed by atoms with Crippen LogP contribution in [0.3, 0.4) is 0 Å². The van der Waals surface area contributed by atoms with Crippen LogP contribution in [0.5, 0.6) is 5.75 Å². The van der Waals surface area contributed by atoms with Crippen molar-refractivity contribution in [2.24, 2.45) is 210 Å². The molecule has 20 aliphatic rings. The van der Waals surface area contributed by atoms with Crippen molar-refractivity contribution in [3.05, 3.63) is 139 Å². The Bertz CT molecular complexity index is 4710. The molecule has 4 heterocycles. The van der Waals surface area contributed by atoms with Crippen LogP contribution in [0.25, 0.3) is 0 Å². The van der Waals surface area contributed by atoms with Crippen LogP contribution in [0.2, 0.25) is 0 Å². The fraction of sp³-hybridized carbons (Fsp3) is 0.628. The third-order valence-corrected chi connectivity index (χ3v) is 36.8. The largest absolute Gasteiger partial charge is 0.477 e. The lowest BCUT2D eigenvalue weighted by molar-refractivity contribution is -0.698. The van der Waals surface area contributed by atoms with Crippen LogP contribution in [0.15, 0.2) is 122 Å². The number of allylic oxidation sites excluding steroid dienone is 4. The first-order chi connectivity index (χ1) is 51.5. The number of nitrogens with zero attached hydrogens (tertiary/aromatic N) is 4. The third kappa shape index (κ3) is 6.66. The summed E-state index contributed by atoms with van der Waals surface area (Å²) in [4.78, 5) is 117. The molecular weight excluding hydrogens is 1340 g/mol. The number of carbonyl (C=O) groups is 8. The van der Waals surface area contributed by atoms with E-state index < -0.39 is 74.3 Å². The summed E-state index contributed by atoms with van der Waals surface area (Å²) >= 11 is 0. The van der Waals surface area contributed by atoms with Crippen molar-refractivity contribution in [2.45, 2.75) is 90.9 Å². The van der Waals surface area contributed by atoms with E-state index in [2.05, 4.69) is 18.2 Å². The van der Waals surface area contributed by atoms with E-state index in [1.165, 1.54) is 5.57 Å². The zero-order valence-electron chi connectivity index (χ0n) is 59.3. The Kier molecular flexibility index (Phi) is 12.2. The summed E-state index contributed by atoms with van der Waals surface area (Å²) in [6.45, 7) is 3.05. The van der Waals surface area contributed by atoms with Crippen LogP contribution < -0.4 is 23.0 Å². The predicted octanol–water partition coefficient (Wildman–Crippen LogP) is 7.43. The van der Waals surface area contributed by atoms with E-state index in [9.17, 15) is 34.5 Å². The van der Waals surface area contributed by atoms with Crippen LogP contribution in [-0.4, -0.2) is 90.0 Å². The smallest absolute Gasteiger partial charge is 0.341 e. The number of carbonyl (C=O) groups excluding carboxylic acids is 5. The molecule has 0 bridgehead atoms. The zero-order chi connectivity index (χ0) is 71.3. The molecule has 3 spiro atoms. The second kappa shape index (κ2) is 20.6. The molecule has 0 aromatic carbocycles. The van der Waals surface area contributed by atoms with Gasteiger partial charge in [0.15, 0.2) is 113 Å². The van der Waals surface area contributed by atoms with Gasteiger partial charge in [0.2, 0.25) is 6.20 Å². The average Bonchev–Trinajstić information content (AvgIpc) is 1.36. The number of carboxylic acids is 3. The van der Waals surface area contributed by atoms with E-state index in [0.717, 1.165) is 57.8 Å². The normalized spacial score (nSPS) is 47.8. The van der Waals surface area contributed by atoms with Gasteiger partial charge in [-0.05, 0) is 267 Å². The summed E-state index contributed by atoms with van der Waals surface area (Å²) in [5.74, 6) is 5.13. The summed E-state index contributed by atoms with van der Waals surface area (Å²) in [5.41, 5.74) is -4.23. The fourth-order valence-electron chi connectivity index (χ4n) is 36.8. The Morgan fingerprint density at radius 1 is 0.519 bits per heavy atom. The first-order valence-electron chi connectivity index (χ1n) is 40.4. The lowest BCUT2D eigenvalue weighted by atomic mass is 9.30. The summed E-state index contributed by atoms with van der Waals surface area (Å²) in [6.07, 6.45) is 30.7. The van der Waals surface area contributed by atoms with Gasteiger partial charge in [0.25, 0.3) is 6.47 Å². The van der Waals surface area contributed by atoms with Crippen LogP contribution in [0.4, 0.5) is 0 Å². The average molecular weight is 1440 g/mol. The first kappa shape index (κ1) is 62.8. The minimum absolute atomic E-state index is 0.0200. The van der Waals surface area contributed by atoms with E-state index >= 15 is 19.2 Å². The second-order valence-electron chi connectivity index (χ2n) is 37.8. The molecule has 4 aromatic rings. The molecule has 0 aliphatic heterocycles. The maximum atomic E-state index is 17.3. The second-order valence-corrected chi connectivity index (χ2v) is 37.8. The van der Waals surface area contributed by atoms with Gasteiger partial charge in [0, 0.05) is 45.9 Å². The predicted molar refractivity (Wildman–Crippen MR) is 362 cm³/mol. The van der Waals surface area contributed by atoms with Gasteiger partial charge in [-0.25, -0.2) is 28.1 Å². The Labute approximate surface area is 612 Å². The van der Waals surface area contributed by atoms with Crippen molar-refractivity contribution in [2.75, 3.05) is 26.4 Å². The molecule has 35 atom stereocenters. The number of ether oxygens (including phenoxy) is 5. The standard InChI is InChI=1S/C86H87N4O16/c1-81(77(98)102-24-20-87-16-2-6-42(34-87)74(92)93,78(99)103-25-23-90-19-5-9-49(37-90)106-38-91)83-15-13-41-30-45-29-40-12-14-82-33-48-32-47-31-46-28-39-10-11-50(83)56-51(39)57-53(46)66-68-64-61(57)60(56)67-63-59(55(41)72(67)83)52(45)58-54(40)71(82)69(65(58)62(63)64)73(68)84(70(47)66)85(86(48,82)84,79(100)104-26-21-88-17-3-7-43(35-88)75(94)95)80(101)105-27-22-89-18-4-8-44(36-89)76(96)97/h2-9,12,14,16-19,31,34-41,45-46,48,50-73H,10-11,13,15,20-30,32-33H2,1H3/q+1/p+3. The van der Waals surface area contributed by atoms with Crippen LogP contribution in [0, 0.1) is 210 Å². The molecule has 4 aromatic heterocycles. The Hall–Kier alpha value is -8.16. The molecule has 24 rings (SSSR count). The lowest BCUT2D eigenvalue weighted by Crippen LogP contribution is -2.71. The van der Waals surface area contributed by atoms with E-state index in [4.69, 9.17) is 23.7 Å². The van der Waals surface area contributed by atoms with E-state index in [1.54, 1.807) is 106 Å². The third-order valence-electron chi connectivity index (χ3n) is 36.8. The van der Waals surface area contributed by atoms with Gasteiger partial charge < -0.3 is 39.0 Å². The first-order valence-corrected chi connectivity index (χ1v) is 40.4. The van der Waals surface area contributed by atoms with Gasteiger partial charge in [-0.15, -0.1) is 0 Å². The monoisotopic (exact) mass is 1430 g/mol. The van der Waals surface area contributed by atoms with Crippen molar-refractivity contribution < 1.29 is 95.6 Å². The van der Waals surface area contributed by atoms with Crippen molar-refractivity contribution in [3.63, 3.8) is 0 Å². The summed E-state index contributed by atoms with van der Waals surface area (Å²) in [6, 6.07) is 13.2. The van der Waals surface area contributed by atoms with Crippen molar-refractivity contribution >= 4 is 48.3 Å². The molecule has 20 heteroatoms. The van der Waals surface area contributed by atoms with Gasteiger partial charge in [-0.3, -0.25) is 24.0 Å². The molecule has 546 valence electrons. The summed E-state index contributed by atoms with van der Waals surface area (Å²) in [5, 5.41) is 30.2. The molecule has 0 saturated heterocycles. The van der Waals surface area contributed by atoms with E-state index in [-0.39, 0.29) is 123 Å². The molecule has 18 saturated carbocycles. The number of carboxylic acid groups (broad SMARTS) is 3. The van der Waals surface area contributed by atoms with Crippen molar-refractivity contribution in [1.29, 1.82) is 0 Å². The minimum Gasteiger partial charge on any atom is -0.477 e. The highest BCUT2D eigenvalue weighted by atomic mass is 16.6. The van der Waals surface area contributed by atoms with Crippen molar-refractivity contribution in [3.8, 4) is 5.75 Å². The Balaban J connectivity index is 0.688. The zero-order valence-corrected chi connectivity index (χ0v) is 59.3. The highest BCUT2D eigenvalue weighted by Crippen LogP contribution is 3.10. The summed E-state index contributed by atoms with van der Waals surface area (Å²) in [7, 11) is 0. The van der Waals surface area contributed by atoms with Gasteiger partial charge >= 0.3 is 41.8 Å². The molecule has 0 radical (unpaired) electrons. The van der Waals surface area contributed by atoms with Crippen LogP contribution in [0.1, 0.15) is 95.8 Å². The van der Waals surface area contributed by atoms with E-state index in [0.29, 0.717) is 136 Å². The Morgan fingerprint density at radius 2 is 1.04 bits per heavy atom. The number of esters is 4. The van der Waals surface area contributed by atoms with Crippen LogP contribution >= 0.6 is 0 Å². The molecule has 20 aliphatic carbocycles. The van der Waals surface area contributed by atoms with Gasteiger partial charge in [0.1, 0.15) is 16.7 Å². The van der Waals surface area contributed by atoms with Gasteiger partial charge in [-0.1, -0.05) is 23.8 Å². The van der Waals surface area contributed by atoms with E-state index in [1.807, 2.05) is 17.7 Å². The molecule has 20 nitrogen and oxygen atoms in total. The topological polar surface area (TPSA) is 259 Å². The van der Waals surface area contributed by atoms with Gasteiger partial charge in [0.05, 0.1) is 0 Å². The van der Waals surface area contributed by atoms with Crippen molar-refractivity contribution in [1.82, 2.24) is 0 Å². The highest BCUT2D eigenvalue weighted by Gasteiger charge is 3.13. The minimum atomic E-state index is -1.71. The van der Waals surface area contributed by atoms with Gasteiger partial charge in [-0.2, -0.15) is 4.57 Å². The highest BCUT2D eigenvalue weighted by molar-refractivity contribution is 6.09. The molecular formula is C86H90N4O16+4. The van der Waals surface area contributed by atoms with Crippen LogP contribution in [-0.2, 0) is 69.1 Å². The number of hydrogen-bond donors (Lipinski definition) is 3. The molecule has 106 heavy (non-hydrogen) atoms. The maximum absolute atomic E-state index is 17.3. The number of fused-ring (bicyclic) bond motifs is 1. The molecule has 18 fully saturated rings. The molecule has 0 amide bonds. The number of pyridine rings is 4. The fourth-order valence-corrected chi connectivity index (χ4v) is 36.8. The number of aromatic nitrogens is 4. The maximum Gasteiger partial charge on any atom is 0.341 e. The molecule has 3 N–H and O–H groups in total. The lowest BCUT2D eigenvalue weighted by Gasteiger charge is -2.73. The number of rotatable bonds is 22. The number of aromatic carboxylic acids is 3. The quantitative estimate of drug-likeness (QED) is 0.0173. The summed E-state index contributed by atoms with van der Waals surface area (Å²) < 4.78 is 39.9.